The molecule has 0 amide bonds. The second-order valence-corrected chi connectivity index (χ2v) is 8.31. The highest BCUT2D eigenvalue weighted by Crippen LogP contribution is 2.39. The lowest BCUT2D eigenvalue weighted by Gasteiger charge is -2.32. The van der Waals surface area contributed by atoms with Crippen molar-refractivity contribution in [2.24, 2.45) is 0 Å². The molecule has 2 aliphatic rings. The maximum Gasteiger partial charge on any atom is 0.0402 e. The molecule has 0 aromatic heterocycles. The lowest BCUT2D eigenvalue weighted by atomic mass is 9.92. The topological polar surface area (TPSA) is 9.72 Å². The molecule has 0 N–H and O–H groups in total. The fraction of sp³-hybridized carbons (Fsp3) is 0.500. The van der Waals surface area contributed by atoms with Crippen LogP contribution in [-0.2, 0) is 13.0 Å². The van der Waals surface area contributed by atoms with Crippen LogP contribution in [0.15, 0.2) is 48.5 Å². The average Bonchev–Trinajstić information content (AvgIpc) is 3.02. The molecular formula is C24H33N3. The predicted molar refractivity (Wildman–Crippen MR) is 115 cm³/mol. The molecule has 0 radical (unpaired) electrons. The summed E-state index contributed by atoms with van der Waals surface area (Å²) in [4.78, 5) is 7.63. The Morgan fingerprint density at radius 3 is 2.44 bits per heavy atom. The molecule has 2 heterocycles. The fourth-order valence-corrected chi connectivity index (χ4v) is 4.60. The summed E-state index contributed by atoms with van der Waals surface area (Å²) in [6, 6.07) is 18.3. The Morgan fingerprint density at radius 1 is 0.926 bits per heavy atom. The van der Waals surface area contributed by atoms with E-state index in [2.05, 4.69) is 77.2 Å². The molecule has 1 saturated heterocycles. The minimum absolute atomic E-state index is 0.612. The zero-order chi connectivity index (χ0) is 18.6. The van der Waals surface area contributed by atoms with E-state index >= 15 is 0 Å². The van der Waals surface area contributed by atoms with Crippen LogP contribution >= 0.6 is 0 Å². The monoisotopic (exact) mass is 363 g/mol. The second-order valence-electron chi connectivity index (χ2n) is 8.31. The first kappa shape index (κ1) is 18.5. The van der Waals surface area contributed by atoms with E-state index in [0.717, 1.165) is 26.1 Å². The third-order valence-corrected chi connectivity index (χ3v) is 6.13. The van der Waals surface area contributed by atoms with Crippen LogP contribution in [-0.4, -0.2) is 56.1 Å². The van der Waals surface area contributed by atoms with Crippen molar-refractivity contribution in [3.05, 3.63) is 65.2 Å². The molecule has 1 unspecified atom stereocenters. The van der Waals surface area contributed by atoms with Crippen molar-refractivity contribution >= 4 is 5.69 Å². The van der Waals surface area contributed by atoms with Crippen LogP contribution in [0.3, 0.4) is 0 Å². The molecule has 0 bridgehead atoms. The van der Waals surface area contributed by atoms with Gasteiger partial charge in [0.2, 0.25) is 0 Å². The Kier molecular flexibility index (Phi) is 5.80. The Balaban J connectivity index is 1.53. The fourth-order valence-electron chi connectivity index (χ4n) is 4.60. The summed E-state index contributed by atoms with van der Waals surface area (Å²) >= 11 is 0. The van der Waals surface area contributed by atoms with E-state index in [1.165, 1.54) is 49.4 Å². The summed E-state index contributed by atoms with van der Waals surface area (Å²) in [5, 5.41) is 0. The first-order chi connectivity index (χ1) is 13.2. The number of anilines is 1. The van der Waals surface area contributed by atoms with Crippen LogP contribution in [0.5, 0.6) is 0 Å². The molecule has 1 atom stereocenters. The number of nitrogens with zero attached hydrogens (tertiary/aromatic N) is 3. The smallest absolute Gasteiger partial charge is 0.0402 e. The van der Waals surface area contributed by atoms with Gasteiger partial charge in [0.05, 0.1) is 0 Å². The Bertz CT molecular complexity index is 735. The number of fused-ring (bicyclic) bond motifs is 1. The molecule has 1 fully saturated rings. The van der Waals surface area contributed by atoms with Crippen molar-refractivity contribution in [2.75, 3.05) is 51.2 Å². The lowest BCUT2D eigenvalue weighted by molar-refractivity contribution is 0.148. The number of rotatable bonds is 6. The number of piperazine rings is 1. The van der Waals surface area contributed by atoms with E-state index in [-0.39, 0.29) is 0 Å². The number of hydrogen-bond donors (Lipinski definition) is 0. The molecule has 2 aliphatic heterocycles. The van der Waals surface area contributed by atoms with Crippen LogP contribution in [0.1, 0.15) is 36.0 Å². The standard InChI is InChI=1S/C24H33N3/c1-3-11-27-19-22(16-20-7-5-4-6-8-20)23-17-21(9-10-24(23)27)18-26-14-12-25(2)13-15-26/h4-10,17,22H,3,11-16,18-19H2,1-2H3. The molecule has 144 valence electrons. The summed E-state index contributed by atoms with van der Waals surface area (Å²) in [6.45, 7) is 10.4. The minimum atomic E-state index is 0.612. The summed E-state index contributed by atoms with van der Waals surface area (Å²) in [5.74, 6) is 0.612. The van der Waals surface area contributed by atoms with E-state index in [1.54, 1.807) is 5.56 Å². The van der Waals surface area contributed by atoms with Gasteiger partial charge in [-0.3, -0.25) is 4.90 Å². The average molecular weight is 364 g/mol. The molecule has 3 heteroatoms. The normalized spacial score (nSPS) is 20.8. The molecule has 0 spiro atoms. The van der Waals surface area contributed by atoms with Gasteiger partial charge < -0.3 is 9.80 Å². The molecule has 4 rings (SSSR count). The van der Waals surface area contributed by atoms with Gasteiger partial charge in [-0.1, -0.05) is 49.4 Å². The number of benzene rings is 2. The summed E-state index contributed by atoms with van der Waals surface area (Å²) in [5.41, 5.74) is 5.98. The highest BCUT2D eigenvalue weighted by Gasteiger charge is 2.28. The molecular weight excluding hydrogens is 330 g/mol. The molecule has 2 aromatic rings. The highest BCUT2D eigenvalue weighted by molar-refractivity contribution is 5.61. The lowest BCUT2D eigenvalue weighted by Crippen LogP contribution is -2.43. The number of likely N-dealkylation sites (N-methyl/N-ethyl adjacent to an activating group) is 1. The van der Waals surface area contributed by atoms with Crippen molar-refractivity contribution in [1.82, 2.24) is 9.80 Å². The van der Waals surface area contributed by atoms with Gasteiger partial charge in [0, 0.05) is 57.4 Å². The van der Waals surface area contributed by atoms with E-state index in [4.69, 9.17) is 0 Å². The van der Waals surface area contributed by atoms with E-state index < -0.39 is 0 Å². The third-order valence-electron chi connectivity index (χ3n) is 6.13. The third kappa shape index (κ3) is 4.36. The van der Waals surface area contributed by atoms with Crippen LogP contribution in [0.4, 0.5) is 5.69 Å². The van der Waals surface area contributed by atoms with Crippen LogP contribution in [0, 0.1) is 0 Å². The predicted octanol–water partition coefficient (Wildman–Crippen LogP) is 3.99. The highest BCUT2D eigenvalue weighted by atomic mass is 15.2. The van der Waals surface area contributed by atoms with Gasteiger partial charge in [-0.05, 0) is 42.6 Å². The molecule has 27 heavy (non-hydrogen) atoms. The zero-order valence-corrected chi connectivity index (χ0v) is 16.9. The Hall–Kier alpha value is -1.84. The van der Waals surface area contributed by atoms with E-state index in [1.807, 2.05) is 0 Å². The van der Waals surface area contributed by atoms with Crippen molar-refractivity contribution in [2.45, 2.75) is 32.2 Å². The Labute approximate surface area is 164 Å². The SMILES string of the molecule is CCCN1CC(Cc2ccccc2)c2cc(CN3CCN(C)CC3)ccc21. The first-order valence-corrected chi connectivity index (χ1v) is 10.6. The van der Waals surface area contributed by atoms with Crippen molar-refractivity contribution in [1.29, 1.82) is 0 Å². The van der Waals surface area contributed by atoms with Crippen LogP contribution in [0.25, 0.3) is 0 Å². The number of hydrogen-bond acceptors (Lipinski definition) is 3. The Morgan fingerprint density at radius 2 is 1.70 bits per heavy atom. The first-order valence-electron chi connectivity index (χ1n) is 10.6. The van der Waals surface area contributed by atoms with Gasteiger partial charge in [-0.25, -0.2) is 0 Å². The molecule has 0 aliphatic carbocycles. The van der Waals surface area contributed by atoms with Crippen molar-refractivity contribution in [3.63, 3.8) is 0 Å². The van der Waals surface area contributed by atoms with Gasteiger partial charge in [-0.15, -0.1) is 0 Å². The van der Waals surface area contributed by atoms with Crippen molar-refractivity contribution in [3.8, 4) is 0 Å². The van der Waals surface area contributed by atoms with Gasteiger partial charge in [-0.2, -0.15) is 0 Å². The summed E-state index contributed by atoms with van der Waals surface area (Å²) < 4.78 is 0. The van der Waals surface area contributed by atoms with Gasteiger partial charge >= 0.3 is 0 Å². The second kappa shape index (κ2) is 8.45. The largest absolute Gasteiger partial charge is 0.371 e. The van der Waals surface area contributed by atoms with Crippen LogP contribution in [0.2, 0.25) is 0 Å². The minimum Gasteiger partial charge on any atom is -0.371 e. The van der Waals surface area contributed by atoms with Gasteiger partial charge in [0.1, 0.15) is 0 Å². The molecule has 2 aromatic carbocycles. The molecule has 0 saturated carbocycles. The zero-order valence-electron chi connectivity index (χ0n) is 16.9. The van der Waals surface area contributed by atoms with Crippen LogP contribution < -0.4 is 4.90 Å². The maximum atomic E-state index is 2.60. The summed E-state index contributed by atoms with van der Waals surface area (Å²) in [7, 11) is 2.23. The summed E-state index contributed by atoms with van der Waals surface area (Å²) in [6.07, 6.45) is 2.35. The van der Waals surface area contributed by atoms with Gasteiger partial charge in [0.15, 0.2) is 0 Å². The van der Waals surface area contributed by atoms with Crippen molar-refractivity contribution < 1.29 is 0 Å². The van der Waals surface area contributed by atoms with Gasteiger partial charge in [0.25, 0.3) is 0 Å². The van der Waals surface area contributed by atoms with E-state index in [9.17, 15) is 0 Å². The quantitative estimate of drug-likeness (QED) is 0.768. The molecule has 3 nitrogen and oxygen atoms in total. The van der Waals surface area contributed by atoms with E-state index in [0.29, 0.717) is 5.92 Å². The maximum absolute atomic E-state index is 2.60.